The Hall–Kier alpha value is -0.860. The highest BCUT2D eigenvalue weighted by Gasteiger charge is 2.13. The van der Waals surface area contributed by atoms with Crippen molar-refractivity contribution in [2.24, 2.45) is 5.73 Å². The quantitative estimate of drug-likeness (QED) is 0.798. The fourth-order valence-corrected chi connectivity index (χ4v) is 1.93. The molecule has 0 amide bonds. The molecule has 0 aromatic heterocycles. The molecule has 16 heavy (non-hydrogen) atoms. The summed E-state index contributed by atoms with van der Waals surface area (Å²) in [5.74, 6) is 0. The largest absolute Gasteiger partial charge is 0.323 e. The van der Waals surface area contributed by atoms with E-state index in [1.165, 1.54) is 18.4 Å². The highest BCUT2D eigenvalue weighted by Crippen LogP contribution is 2.13. The first-order valence-corrected chi connectivity index (χ1v) is 6.16. The van der Waals surface area contributed by atoms with Crippen LogP contribution in [0.3, 0.4) is 0 Å². The Bertz CT molecular complexity index is 284. The third-order valence-electron chi connectivity index (χ3n) is 3.17. The second-order valence-electron chi connectivity index (χ2n) is 4.59. The van der Waals surface area contributed by atoms with Gasteiger partial charge >= 0.3 is 0 Å². The zero-order chi connectivity index (χ0) is 12.0. The van der Waals surface area contributed by atoms with Crippen LogP contribution in [0.2, 0.25) is 0 Å². The van der Waals surface area contributed by atoms with Crippen LogP contribution in [0.25, 0.3) is 0 Å². The van der Waals surface area contributed by atoms with Gasteiger partial charge in [-0.1, -0.05) is 43.7 Å². The van der Waals surface area contributed by atoms with E-state index in [4.69, 9.17) is 5.73 Å². The molecule has 0 bridgehead atoms. The van der Waals surface area contributed by atoms with Crippen molar-refractivity contribution in [3.05, 3.63) is 35.9 Å². The van der Waals surface area contributed by atoms with Crippen molar-refractivity contribution in [2.75, 3.05) is 13.6 Å². The average Bonchev–Trinajstić information content (AvgIpc) is 2.30. The van der Waals surface area contributed by atoms with Gasteiger partial charge in [-0.05, 0) is 26.0 Å². The van der Waals surface area contributed by atoms with E-state index >= 15 is 0 Å². The Labute approximate surface area is 99.5 Å². The Morgan fingerprint density at radius 1 is 1.25 bits per heavy atom. The van der Waals surface area contributed by atoms with Gasteiger partial charge in [-0.2, -0.15) is 0 Å². The van der Waals surface area contributed by atoms with E-state index in [9.17, 15) is 0 Å². The predicted molar refractivity (Wildman–Crippen MR) is 70.4 cm³/mol. The Morgan fingerprint density at radius 3 is 2.44 bits per heavy atom. The SMILES string of the molecule is CCCC(C)N(C)CC(N)c1ccccc1. The molecule has 0 aliphatic carbocycles. The molecule has 0 heterocycles. The number of nitrogens with zero attached hydrogens (tertiary/aromatic N) is 1. The summed E-state index contributed by atoms with van der Waals surface area (Å²) in [4.78, 5) is 2.35. The molecule has 0 spiro atoms. The maximum absolute atomic E-state index is 6.19. The van der Waals surface area contributed by atoms with Crippen molar-refractivity contribution in [3.63, 3.8) is 0 Å². The van der Waals surface area contributed by atoms with E-state index < -0.39 is 0 Å². The predicted octanol–water partition coefficient (Wildman–Crippen LogP) is 2.81. The molecule has 0 radical (unpaired) electrons. The lowest BCUT2D eigenvalue weighted by Crippen LogP contribution is -2.35. The van der Waals surface area contributed by atoms with E-state index in [0.717, 1.165) is 6.54 Å². The van der Waals surface area contributed by atoms with Crippen LogP contribution < -0.4 is 5.73 Å². The van der Waals surface area contributed by atoms with Gasteiger partial charge in [-0.15, -0.1) is 0 Å². The van der Waals surface area contributed by atoms with Crippen molar-refractivity contribution in [1.82, 2.24) is 4.90 Å². The molecule has 0 saturated heterocycles. The number of nitrogens with two attached hydrogens (primary N) is 1. The summed E-state index contributed by atoms with van der Waals surface area (Å²) in [6.07, 6.45) is 2.46. The third-order valence-corrected chi connectivity index (χ3v) is 3.17. The zero-order valence-corrected chi connectivity index (χ0v) is 10.7. The molecule has 2 unspecified atom stereocenters. The van der Waals surface area contributed by atoms with Crippen molar-refractivity contribution < 1.29 is 0 Å². The van der Waals surface area contributed by atoms with Crippen LogP contribution in [0, 0.1) is 0 Å². The number of hydrogen-bond acceptors (Lipinski definition) is 2. The minimum atomic E-state index is 0.116. The van der Waals surface area contributed by atoms with E-state index in [1.54, 1.807) is 0 Å². The summed E-state index contributed by atoms with van der Waals surface area (Å²) in [5.41, 5.74) is 7.41. The van der Waals surface area contributed by atoms with Crippen LogP contribution in [-0.2, 0) is 0 Å². The molecule has 2 N–H and O–H groups in total. The van der Waals surface area contributed by atoms with Crippen LogP contribution in [0.1, 0.15) is 38.3 Å². The first-order chi connectivity index (χ1) is 7.65. The second-order valence-corrected chi connectivity index (χ2v) is 4.59. The maximum Gasteiger partial charge on any atom is 0.0424 e. The smallest absolute Gasteiger partial charge is 0.0424 e. The normalized spacial score (nSPS) is 15.1. The number of rotatable bonds is 6. The van der Waals surface area contributed by atoms with Crippen molar-refractivity contribution in [3.8, 4) is 0 Å². The molecule has 90 valence electrons. The van der Waals surface area contributed by atoms with E-state index in [2.05, 4.69) is 37.9 Å². The maximum atomic E-state index is 6.19. The monoisotopic (exact) mass is 220 g/mol. The van der Waals surface area contributed by atoms with Gasteiger partial charge in [0.05, 0.1) is 0 Å². The molecule has 0 saturated carbocycles. The fourth-order valence-electron chi connectivity index (χ4n) is 1.93. The summed E-state index contributed by atoms with van der Waals surface area (Å²) in [6, 6.07) is 11.0. The van der Waals surface area contributed by atoms with Gasteiger partial charge in [0.1, 0.15) is 0 Å². The summed E-state index contributed by atoms with van der Waals surface area (Å²) < 4.78 is 0. The Morgan fingerprint density at radius 2 is 1.88 bits per heavy atom. The van der Waals surface area contributed by atoms with Gasteiger partial charge in [0.2, 0.25) is 0 Å². The summed E-state index contributed by atoms with van der Waals surface area (Å²) >= 11 is 0. The molecular formula is C14H24N2. The van der Waals surface area contributed by atoms with Crippen LogP contribution in [-0.4, -0.2) is 24.5 Å². The van der Waals surface area contributed by atoms with Crippen LogP contribution in [0.4, 0.5) is 0 Å². The molecule has 2 atom stereocenters. The molecule has 1 rings (SSSR count). The standard InChI is InChI=1S/C14H24N2/c1-4-8-12(2)16(3)11-14(15)13-9-6-5-7-10-13/h5-7,9-10,12,14H,4,8,11,15H2,1-3H3. The number of hydrogen-bond donors (Lipinski definition) is 1. The molecule has 2 heteroatoms. The third kappa shape index (κ3) is 3.95. The molecule has 1 aromatic rings. The van der Waals surface area contributed by atoms with Gasteiger partial charge in [0.15, 0.2) is 0 Å². The molecule has 0 aliphatic rings. The molecule has 0 aliphatic heterocycles. The van der Waals surface area contributed by atoms with E-state index in [-0.39, 0.29) is 6.04 Å². The summed E-state index contributed by atoms with van der Waals surface area (Å²) in [5, 5.41) is 0. The van der Waals surface area contributed by atoms with Crippen molar-refractivity contribution in [2.45, 2.75) is 38.8 Å². The van der Waals surface area contributed by atoms with Crippen molar-refractivity contribution in [1.29, 1.82) is 0 Å². The van der Waals surface area contributed by atoms with Gasteiger partial charge in [-0.25, -0.2) is 0 Å². The fraction of sp³-hybridized carbons (Fsp3) is 0.571. The first-order valence-electron chi connectivity index (χ1n) is 6.16. The number of likely N-dealkylation sites (N-methyl/N-ethyl adjacent to an activating group) is 1. The summed E-state index contributed by atoms with van der Waals surface area (Å²) in [7, 11) is 2.16. The van der Waals surface area contributed by atoms with Gasteiger partial charge in [-0.3, -0.25) is 0 Å². The highest BCUT2D eigenvalue weighted by molar-refractivity contribution is 5.18. The second kappa shape index (κ2) is 6.66. The lowest BCUT2D eigenvalue weighted by atomic mass is 10.1. The number of benzene rings is 1. The Kier molecular flexibility index (Phi) is 5.50. The molecule has 2 nitrogen and oxygen atoms in total. The topological polar surface area (TPSA) is 29.3 Å². The molecular weight excluding hydrogens is 196 g/mol. The van der Waals surface area contributed by atoms with Crippen LogP contribution in [0.5, 0.6) is 0 Å². The summed E-state index contributed by atoms with van der Waals surface area (Å²) in [6.45, 7) is 5.41. The lowest BCUT2D eigenvalue weighted by Gasteiger charge is -2.27. The molecule has 1 aromatic carbocycles. The van der Waals surface area contributed by atoms with Crippen LogP contribution in [0.15, 0.2) is 30.3 Å². The van der Waals surface area contributed by atoms with Gasteiger partial charge in [0, 0.05) is 18.6 Å². The minimum absolute atomic E-state index is 0.116. The van der Waals surface area contributed by atoms with E-state index in [1.807, 2.05) is 18.2 Å². The highest BCUT2D eigenvalue weighted by atomic mass is 15.1. The lowest BCUT2D eigenvalue weighted by molar-refractivity contribution is 0.231. The van der Waals surface area contributed by atoms with Gasteiger partial charge < -0.3 is 10.6 Å². The van der Waals surface area contributed by atoms with Crippen molar-refractivity contribution >= 4 is 0 Å². The van der Waals surface area contributed by atoms with Gasteiger partial charge in [0.25, 0.3) is 0 Å². The first kappa shape index (κ1) is 13.2. The van der Waals surface area contributed by atoms with E-state index in [0.29, 0.717) is 6.04 Å². The zero-order valence-electron chi connectivity index (χ0n) is 10.7. The Balaban J connectivity index is 2.48. The van der Waals surface area contributed by atoms with Crippen LogP contribution >= 0.6 is 0 Å². The minimum Gasteiger partial charge on any atom is -0.323 e. The molecule has 0 fully saturated rings. The average molecular weight is 220 g/mol.